The van der Waals surface area contributed by atoms with E-state index in [1.165, 1.54) is 0 Å². The lowest BCUT2D eigenvalue weighted by molar-refractivity contribution is -0.136. The van der Waals surface area contributed by atoms with E-state index in [-0.39, 0.29) is 13.0 Å². The van der Waals surface area contributed by atoms with Crippen LogP contribution >= 0.6 is 0 Å². The van der Waals surface area contributed by atoms with E-state index in [2.05, 4.69) is 5.32 Å². The summed E-state index contributed by atoms with van der Waals surface area (Å²) in [5.74, 6) is -0.818. The maximum atomic E-state index is 11.6. The van der Waals surface area contributed by atoms with E-state index in [0.29, 0.717) is 13.0 Å². The van der Waals surface area contributed by atoms with Crippen LogP contribution in [0.3, 0.4) is 0 Å². The van der Waals surface area contributed by atoms with E-state index < -0.39 is 12.1 Å². The number of rotatable bonds is 8. The lowest BCUT2D eigenvalue weighted by Gasteiger charge is -2.06. The van der Waals surface area contributed by atoms with Gasteiger partial charge < -0.3 is 15.2 Å². The SMILES string of the molecule is O=C(O)CCc1ccccc1C=CCNC(=O)OCc1ccccc1. The molecular formula is C20H21NO4. The van der Waals surface area contributed by atoms with E-state index in [9.17, 15) is 9.59 Å². The van der Waals surface area contributed by atoms with Gasteiger partial charge in [0.1, 0.15) is 6.61 Å². The molecule has 2 rings (SSSR count). The van der Waals surface area contributed by atoms with Crippen molar-refractivity contribution >= 4 is 18.1 Å². The van der Waals surface area contributed by atoms with Crippen LogP contribution in [0.2, 0.25) is 0 Å². The second-order valence-electron chi connectivity index (χ2n) is 5.44. The summed E-state index contributed by atoms with van der Waals surface area (Å²) in [6.07, 6.45) is 3.77. The molecule has 130 valence electrons. The molecule has 0 radical (unpaired) electrons. The molecule has 0 aromatic heterocycles. The highest BCUT2D eigenvalue weighted by atomic mass is 16.5. The third kappa shape index (κ3) is 6.91. The Kier molecular flexibility index (Phi) is 7.25. The minimum atomic E-state index is -0.818. The fourth-order valence-electron chi connectivity index (χ4n) is 2.27. The molecule has 0 heterocycles. The molecule has 0 aliphatic heterocycles. The van der Waals surface area contributed by atoms with Gasteiger partial charge in [0.2, 0.25) is 0 Å². The number of carbonyl (C=O) groups excluding carboxylic acids is 1. The predicted molar refractivity (Wildman–Crippen MR) is 96.1 cm³/mol. The molecule has 0 fully saturated rings. The molecule has 0 unspecified atom stereocenters. The summed E-state index contributed by atoms with van der Waals surface area (Å²) >= 11 is 0. The quantitative estimate of drug-likeness (QED) is 0.770. The minimum Gasteiger partial charge on any atom is -0.481 e. The molecule has 0 saturated heterocycles. The topological polar surface area (TPSA) is 75.6 Å². The summed E-state index contributed by atoms with van der Waals surface area (Å²) in [6, 6.07) is 17.1. The average molecular weight is 339 g/mol. The van der Waals surface area contributed by atoms with Gasteiger partial charge in [-0.15, -0.1) is 0 Å². The zero-order chi connectivity index (χ0) is 17.9. The van der Waals surface area contributed by atoms with Gasteiger partial charge in [-0.2, -0.15) is 0 Å². The number of benzene rings is 2. The number of carbonyl (C=O) groups is 2. The summed E-state index contributed by atoms with van der Waals surface area (Å²) in [5.41, 5.74) is 2.84. The number of aryl methyl sites for hydroxylation is 1. The first kappa shape index (κ1) is 18.3. The summed E-state index contributed by atoms with van der Waals surface area (Å²) in [6.45, 7) is 0.565. The molecule has 0 spiro atoms. The van der Waals surface area contributed by atoms with Crippen molar-refractivity contribution < 1.29 is 19.4 Å². The molecule has 25 heavy (non-hydrogen) atoms. The highest BCUT2D eigenvalue weighted by Gasteiger charge is 2.03. The van der Waals surface area contributed by atoms with Gasteiger partial charge in [0, 0.05) is 13.0 Å². The number of ether oxygens (including phenoxy) is 1. The van der Waals surface area contributed by atoms with Gasteiger partial charge in [-0.25, -0.2) is 4.79 Å². The Labute approximate surface area is 146 Å². The van der Waals surface area contributed by atoms with Crippen molar-refractivity contribution in [2.24, 2.45) is 0 Å². The van der Waals surface area contributed by atoms with Gasteiger partial charge in [0.15, 0.2) is 0 Å². The maximum Gasteiger partial charge on any atom is 0.407 e. The molecule has 2 aromatic carbocycles. The van der Waals surface area contributed by atoms with Crippen LogP contribution in [0.15, 0.2) is 60.7 Å². The van der Waals surface area contributed by atoms with Crippen molar-refractivity contribution in [3.8, 4) is 0 Å². The largest absolute Gasteiger partial charge is 0.481 e. The second-order valence-corrected chi connectivity index (χ2v) is 5.44. The number of carboxylic acid groups (broad SMARTS) is 1. The monoisotopic (exact) mass is 339 g/mol. The number of aliphatic carboxylic acids is 1. The molecule has 0 aliphatic rings. The number of amides is 1. The van der Waals surface area contributed by atoms with Crippen LogP contribution in [0.5, 0.6) is 0 Å². The summed E-state index contributed by atoms with van der Waals surface area (Å²) in [4.78, 5) is 22.3. The van der Waals surface area contributed by atoms with Crippen molar-refractivity contribution in [2.45, 2.75) is 19.4 Å². The third-order valence-corrected chi connectivity index (χ3v) is 3.54. The molecule has 1 amide bonds. The van der Waals surface area contributed by atoms with E-state index in [4.69, 9.17) is 9.84 Å². The van der Waals surface area contributed by atoms with Crippen LogP contribution in [0, 0.1) is 0 Å². The van der Waals surface area contributed by atoms with Crippen molar-refractivity contribution in [3.63, 3.8) is 0 Å². The lowest BCUT2D eigenvalue weighted by Crippen LogP contribution is -2.24. The average Bonchev–Trinajstić information content (AvgIpc) is 2.63. The molecule has 2 N–H and O–H groups in total. The number of hydrogen-bond donors (Lipinski definition) is 2. The van der Waals surface area contributed by atoms with Gasteiger partial charge in [0.05, 0.1) is 0 Å². The predicted octanol–water partition coefficient (Wildman–Crippen LogP) is 3.64. The van der Waals surface area contributed by atoms with Crippen LogP contribution in [0.1, 0.15) is 23.1 Å². The maximum absolute atomic E-state index is 11.6. The first-order chi connectivity index (χ1) is 12.1. The van der Waals surface area contributed by atoms with Crippen LogP contribution in [0.4, 0.5) is 4.79 Å². The Morgan fingerprint density at radius 2 is 1.76 bits per heavy atom. The number of carboxylic acids is 1. The summed E-state index contributed by atoms with van der Waals surface area (Å²) in [7, 11) is 0. The normalized spacial score (nSPS) is 10.6. The highest BCUT2D eigenvalue weighted by Crippen LogP contribution is 2.12. The molecule has 0 saturated carbocycles. The zero-order valence-electron chi connectivity index (χ0n) is 13.9. The Hall–Kier alpha value is -3.08. The van der Waals surface area contributed by atoms with E-state index in [1.807, 2.05) is 66.7 Å². The molecule has 0 aliphatic carbocycles. The third-order valence-electron chi connectivity index (χ3n) is 3.54. The number of nitrogens with one attached hydrogen (secondary N) is 1. The molecular weight excluding hydrogens is 318 g/mol. The first-order valence-corrected chi connectivity index (χ1v) is 8.06. The number of alkyl carbamates (subject to hydrolysis) is 1. The van der Waals surface area contributed by atoms with Crippen molar-refractivity contribution in [1.29, 1.82) is 0 Å². The lowest BCUT2D eigenvalue weighted by atomic mass is 10.0. The van der Waals surface area contributed by atoms with Gasteiger partial charge >= 0.3 is 12.1 Å². The van der Waals surface area contributed by atoms with Crippen molar-refractivity contribution in [1.82, 2.24) is 5.32 Å². The summed E-state index contributed by atoms with van der Waals surface area (Å²) in [5, 5.41) is 11.4. The Morgan fingerprint density at radius 3 is 2.52 bits per heavy atom. The second kappa shape index (κ2) is 9.93. The Balaban J connectivity index is 1.77. The van der Waals surface area contributed by atoms with Gasteiger partial charge in [-0.05, 0) is 23.1 Å². The van der Waals surface area contributed by atoms with Gasteiger partial charge in [0.25, 0.3) is 0 Å². The number of hydrogen-bond acceptors (Lipinski definition) is 3. The fraction of sp³-hybridized carbons (Fsp3) is 0.200. The highest BCUT2D eigenvalue weighted by molar-refractivity contribution is 5.68. The van der Waals surface area contributed by atoms with Crippen molar-refractivity contribution in [3.05, 3.63) is 77.4 Å². The van der Waals surface area contributed by atoms with Crippen LogP contribution in [-0.2, 0) is 22.6 Å². The molecule has 5 heteroatoms. The summed E-state index contributed by atoms with van der Waals surface area (Å²) < 4.78 is 5.12. The molecule has 0 bridgehead atoms. The first-order valence-electron chi connectivity index (χ1n) is 8.06. The van der Waals surface area contributed by atoms with Crippen LogP contribution in [0.25, 0.3) is 6.08 Å². The van der Waals surface area contributed by atoms with E-state index >= 15 is 0 Å². The van der Waals surface area contributed by atoms with E-state index in [1.54, 1.807) is 0 Å². The fourth-order valence-corrected chi connectivity index (χ4v) is 2.27. The van der Waals surface area contributed by atoms with Crippen LogP contribution in [-0.4, -0.2) is 23.7 Å². The molecule has 0 atom stereocenters. The smallest absolute Gasteiger partial charge is 0.407 e. The minimum absolute atomic E-state index is 0.0922. The Bertz CT molecular complexity index is 725. The molecule has 5 nitrogen and oxygen atoms in total. The van der Waals surface area contributed by atoms with E-state index in [0.717, 1.165) is 16.7 Å². The van der Waals surface area contributed by atoms with Gasteiger partial charge in [-0.1, -0.05) is 66.7 Å². The molecule has 2 aromatic rings. The van der Waals surface area contributed by atoms with Crippen molar-refractivity contribution in [2.75, 3.05) is 6.54 Å². The van der Waals surface area contributed by atoms with Gasteiger partial charge in [-0.3, -0.25) is 4.79 Å². The standard InChI is InChI=1S/C20H21NO4/c22-19(23)13-12-18-10-5-4-9-17(18)11-6-14-21-20(24)25-15-16-7-2-1-3-8-16/h1-11H,12-15H2,(H,21,24)(H,22,23). The zero-order valence-corrected chi connectivity index (χ0v) is 13.9. The Morgan fingerprint density at radius 1 is 1.04 bits per heavy atom. The van der Waals surface area contributed by atoms with Crippen LogP contribution < -0.4 is 5.32 Å².